The molecule has 8 nitrogen and oxygen atoms in total. The third kappa shape index (κ3) is 4.18. The maximum atomic E-state index is 12.2. The van der Waals surface area contributed by atoms with Gasteiger partial charge in [0.15, 0.2) is 0 Å². The molecule has 25 heavy (non-hydrogen) atoms. The quantitative estimate of drug-likeness (QED) is 0.577. The van der Waals surface area contributed by atoms with Gasteiger partial charge >= 0.3 is 5.97 Å². The van der Waals surface area contributed by atoms with Gasteiger partial charge in [-0.2, -0.15) is 0 Å². The summed E-state index contributed by atoms with van der Waals surface area (Å²) < 4.78 is 0. The molecule has 9 heteroatoms. The van der Waals surface area contributed by atoms with E-state index in [4.69, 9.17) is 0 Å². The zero-order valence-corrected chi connectivity index (χ0v) is 13.9. The molecule has 1 atom stereocenters. The third-order valence-corrected chi connectivity index (χ3v) is 4.80. The summed E-state index contributed by atoms with van der Waals surface area (Å²) in [5.74, 6) is -1.26. The minimum Gasteiger partial charge on any atom is -0.480 e. The van der Waals surface area contributed by atoms with E-state index in [0.29, 0.717) is 22.9 Å². The summed E-state index contributed by atoms with van der Waals surface area (Å²) in [6.45, 7) is 0. The molecular formula is C16H15N3O5S. The fraction of sp³-hybridized carbons (Fsp3) is 0.312. The molecule has 1 fully saturated rings. The van der Waals surface area contributed by atoms with E-state index < -0.39 is 22.8 Å². The van der Waals surface area contributed by atoms with Crippen LogP contribution in [0.5, 0.6) is 0 Å². The number of thiazole rings is 1. The van der Waals surface area contributed by atoms with Gasteiger partial charge in [-0.15, -0.1) is 11.3 Å². The summed E-state index contributed by atoms with van der Waals surface area (Å²) in [5.41, 5.74) is 0.577. The summed E-state index contributed by atoms with van der Waals surface area (Å²) in [5, 5.41) is 24.5. The van der Waals surface area contributed by atoms with E-state index >= 15 is 0 Å². The maximum Gasteiger partial charge on any atom is 0.326 e. The molecule has 0 saturated heterocycles. The van der Waals surface area contributed by atoms with Gasteiger partial charge in [-0.3, -0.25) is 14.9 Å². The Hall–Kier alpha value is -2.81. The Morgan fingerprint density at radius 3 is 2.84 bits per heavy atom. The van der Waals surface area contributed by atoms with E-state index in [1.807, 2.05) is 0 Å². The number of nitro benzene ring substituents is 1. The van der Waals surface area contributed by atoms with Gasteiger partial charge in [-0.05, 0) is 12.3 Å². The molecule has 0 bridgehead atoms. The van der Waals surface area contributed by atoms with Crippen molar-refractivity contribution in [1.82, 2.24) is 10.3 Å². The van der Waals surface area contributed by atoms with Crippen molar-refractivity contribution in [3.8, 4) is 10.6 Å². The van der Waals surface area contributed by atoms with Crippen LogP contribution >= 0.6 is 11.3 Å². The number of nitro groups is 1. The zero-order chi connectivity index (χ0) is 18.0. The van der Waals surface area contributed by atoms with Gasteiger partial charge in [0.2, 0.25) is 0 Å². The Kier molecular flexibility index (Phi) is 4.75. The predicted octanol–water partition coefficient (Wildman–Crippen LogP) is 2.70. The van der Waals surface area contributed by atoms with Crippen LogP contribution in [0.25, 0.3) is 10.6 Å². The summed E-state index contributed by atoms with van der Waals surface area (Å²) in [4.78, 5) is 38.0. The molecule has 2 N–H and O–H groups in total. The van der Waals surface area contributed by atoms with E-state index in [1.165, 1.54) is 28.8 Å². The zero-order valence-electron chi connectivity index (χ0n) is 13.0. The molecule has 1 unspecified atom stereocenters. The third-order valence-electron chi connectivity index (χ3n) is 3.91. The van der Waals surface area contributed by atoms with Crippen LogP contribution in [0.2, 0.25) is 0 Å². The molecule has 1 amide bonds. The Balaban J connectivity index is 1.73. The maximum absolute atomic E-state index is 12.2. The van der Waals surface area contributed by atoms with Gasteiger partial charge in [0.25, 0.3) is 11.6 Å². The number of amides is 1. The second-order valence-corrected chi connectivity index (χ2v) is 6.75. The number of carboxylic acid groups (broad SMARTS) is 1. The van der Waals surface area contributed by atoms with Gasteiger partial charge in [-0.1, -0.05) is 25.0 Å². The predicted molar refractivity (Wildman–Crippen MR) is 90.4 cm³/mol. The van der Waals surface area contributed by atoms with Crippen LogP contribution in [0, 0.1) is 16.0 Å². The number of nitrogens with zero attached hydrogens (tertiary/aromatic N) is 2. The van der Waals surface area contributed by atoms with Crippen molar-refractivity contribution in [1.29, 1.82) is 0 Å². The first kappa shape index (κ1) is 17.0. The van der Waals surface area contributed by atoms with Crippen LogP contribution in [-0.2, 0) is 4.79 Å². The highest BCUT2D eigenvalue weighted by Crippen LogP contribution is 2.33. The van der Waals surface area contributed by atoms with Crippen LogP contribution in [0.3, 0.4) is 0 Å². The average Bonchev–Trinajstić information content (AvgIpc) is 3.26. The first-order valence-corrected chi connectivity index (χ1v) is 8.56. The van der Waals surface area contributed by atoms with E-state index in [0.717, 1.165) is 12.8 Å². The van der Waals surface area contributed by atoms with Crippen molar-refractivity contribution in [2.45, 2.75) is 25.3 Å². The van der Waals surface area contributed by atoms with Crippen LogP contribution in [0.1, 0.15) is 29.8 Å². The minimum atomic E-state index is -1.06. The Morgan fingerprint density at radius 1 is 1.44 bits per heavy atom. The minimum absolute atomic E-state index is 0.0610. The van der Waals surface area contributed by atoms with Gasteiger partial charge in [-0.25, -0.2) is 9.78 Å². The molecular weight excluding hydrogens is 346 g/mol. The number of carboxylic acids is 1. The monoisotopic (exact) mass is 361 g/mol. The molecule has 0 spiro atoms. The van der Waals surface area contributed by atoms with Crippen molar-refractivity contribution in [2.24, 2.45) is 5.92 Å². The van der Waals surface area contributed by atoms with Gasteiger partial charge in [0.05, 0.1) is 4.92 Å². The smallest absolute Gasteiger partial charge is 0.326 e. The average molecular weight is 361 g/mol. The number of carbonyl (C=O) groups excluding carboxylic acids is 1. The van der Waals surface area contributed by atoms with Crippen molar-refractivity contribution in [3.63, 3.8) is 0 Å². The normalized spacial score (nSPS) is 14.7. The number of nitrogens with one attached hydrogen (secondary N) is 1. The van der Waals surface area contributed by atoms with E-state index in [-0.39, 0.29) is 11.4 Å². The topological polar surface area (TPSA) is 122 Å². The second-order valence-electron chi connectivity index (χ2n) is 5.89. The summed E-state index contributed by atoms with van der Waals surface area (Å²) in [6, 6.07) is 5.04. The first-order chi connectivity index (χ1) is 11.9. The highest BCUT2D eigenvalue weighted by molar-refractivity contribution is 7.13. The number of rotatable bonds is 7. The first-order valence-electron chi connectivity index (χ1n) is 7.68. The van der Waals surface area contributed by atoms with Crippen LogP contribution < -0.4 is 5.32 Å². The molecule has 3 rings (SSSR count). The Morgan fingerprint density at radius 2 is 2.20 bits per heavy atom. The lowest BCUT2D eigenvalue weighted by molar-refractivity contribution is -0.384. The number of hydrogen-bond acceptors (Lipinski definition) is 6. The number of non-ortho nitro benzene ring substituents is 1. The lowest BCUT2D eigenvalue weighted by Crippen LogP contribution is -2.41. The lowest BCUT2D eigenvalue weighted by atomic mass is 10.1. The fourth-order valence-electron chi connectivity index (χ4n) is 2.40. The molecule has 130 valence electrons. The molecule has 1 aromatic heterocycles. The van der Waals surface area contributed by atoms with Crippen molar-refractivity contribution < 1.29 is 19.6 Å². The standard InChI is InChI=1S/C16H15N3O5S/c20-14(17-12(16(21)22)6-9-4-5-9)13-8-25-15(18-13)10-2-1-3-11(7-10)19(23)24/h1-3,7-9,12H,4-6H2,(H,17,20)(H,21,22). The number of hydrogen-bond donors (Lipinski definition) is 2. The number of aromatic nitrogens is 1. The SMILES string of the molecule is O=C(NC(CC1CC1)C(=O)O)c1csc(-c2cccc([N+](=O)[O-])c2)n1. The molecule has 1 heterocycles. The largest absolute Gasteiger partial charge is 0.480 e. The highest BCUT2D eigenvalue weighted by Gasteiger charge is 2.30. The van der Waals surface area contributed by atoms with Crippen molar-refractivity contribution in [3.05, 3.63) is 45.5 Å². The van der Waals surface area contributed by atoms with Gasteiger partial charge < -0.3 is 10.4 Å². The molecule has 2 aromatic rings. The molecule has 1 saturated carbocycles. The highest BCUT2D eigenvalue weighted by atomic mass is 32.1. The number of carbonyl (C=O) groups is 2. The van der Waals surface area contributed by atoms with Crippen LogP contribution in [-0.4, -0.2) is 32.9 Å². The molecule has 0 aliphatic heterocycles. The molecule has 0 radical (unpaired) electrons. The number of benzene rings is 1. The number of aliphatic carboxylic acids is 1. The molecule has 1 aliphatic carbocycles. The Bertz CT molecular complexity index is 831. The fourth-order valence-corrected chi connectivity index (χ4v) is 3.20. The summed E-state index contributed by atoms with van der Waals surface area (Å²) in [6.07, 6.45) is 2.41. The van der Waals surface area contributed by atoms with Crippen molar-refractivity contribution in [2.75, 3.05) is 0 Å². The van der Waals surface area contributed by atoms with E-state index in [9.17, 15) is 24.8 Å². The van der Waals surface area contributed by atoms with Gasteiger partial charge in [0.1, 0.15) is 16.7 Å². The Labute approximate surface area is 146 Å². The molecule has 1 aromatic carbocycles. The van der Waals surface area contributed by atoms with E-state index in [2.05, 4.69) is 10.3 Å². The lowest BCUT2D eigenvalue weighted by Gasteiger charge is -2.12. The molecule has 1 aliphatic rings. The second kappa shape index (κ2) is 6.98. The van der Waals surface area contributed by atoms with Crippen LogP contribution in [0.15, 0.2) is 29.6 Å². The van der Waals surface area contributed by atoms with Gasteiger partial charge in [0, 0.05) is 23.1 Å². The van der Waals surface area contributed by atoms with E-state index in [1.54, 1.807) is 12.1 Å². The summed E-state index contributed by atoms with van der Waals surface area (Å²) >= 11 is 1.17. The van der Waals surface area contributed by atoms with Crippen LogP contribution in [0.4, 0.5) is 5.69 Å². The summed E-state index contributed by atoms with van der Waals surface area (Å²) in [7, 11) is 0. The van der Waals surface area contributed by atoms with Crippen molar-refractivity contribution >= 4 is 28.9 Å².